The molecular formula is C19H15N3O4S. The molecule has 0 amide bonds. The van der Waals surface area contributed by atoms with Crippen LogP contribution >= 0.6 is 0 Å². The summed E-state index contributed by atoms with van der Waals surface area (Å²) >= 11 is 0. The second kappa shape index (κ2) is 7.08. The molecule has 0 spiro atoms. The summed E-state index contributed by atoms with van der Waals surface area (Å²) in [5, 5.41) is 3.81. The lowest BCUT2D eigenvalue weighted by molar-refractivity contribution is 0.174. The molecule has 0 saturated heterocycles. The molecule has 0 radical (unpaired) electrons. The van der Waals surface area contributed by atoms with Crippen molar-refractivity contribution in [2.45, 2.75) is 4.90 Å². The molecule has 3 aromatic rings. The Kier molecular flexibility index (Phi) is 4.47. The van der Waals surface area contributed by atoms with Crippen LogP contribution in [-0.2, 0) is 10.0 Å². The molecule has 0 fully saturated rings. The number of rotatable bonds is 5. The van der Waals surface area contributed by atoms with Gasteiger partial charge in [-0.2, -0.15) is 13.5 Å². The molecule has 27 heavy (non-hydrogen) atoms. The zero-order valence-electron chi connectivity index (χ0n) is 14.1. The van der Waals surface area contributed by atoms with Crippen LogP contribution in [0.1, 0.15) is 5.69 Å². The SMILES string of the molecule is O=S(=O)(N/N=C/c1cccc(-c2ccc3c(c2)OCO3)n1)c1ccccc1. The van der Waals surface area contributed by atoms with Gasteiger partial charge in [0.1, 0.15) is 0 Å². The van der Waals surface area contributed by atoms with Crippen LogP contribution in [0.3, 0.4) is 0 Å². The molecule has 1 N–H and O–H groups in total. The summed E-state index contributed by atoms with van der Waals surface area (Å²) in [6.07, 6.45) is 1.36. The minimum atomic E-state index is -3.71. The van der Waals surface area contributed by atoms with E-state index in [-0.39, 0.29) is 11.7 Å². The minimum Gasteiger partial charge on any atom is -0.454 e. The number of hydrogen-bond acceptors (Lipinski definition) is 6. The summed E-state index contributed by atoms with van der Waals surface area (Å²) in [5.74, 6) is 1.37. The Hall–Kier alpha value is -3.39. The Bertz CT molecular complexity index is 1100. The van der Waals surface area contributed by atoms with Gasteiger partial charge in [-0.05, 0) is 42.5 Å². The van der Waals surface area contributed by atoms with Crippen LogP contribution in [-0.4, -0.2) is 26.4 Å². The number of sulfonamides is 1. The first-order valence-electron chi connectivity index (χ1n) is 8.09. The maximum absolute atomic E-state index is 12.1. The third-order valence-corrected chi connectivity index (χ3v) is 5.10. The molecule has 8 heteroatoms. The van der Waals surface area contributed by atoms with Gasteiger partial charge < -0.3 is 9.47 Å². The van der Waals surface area contributed by atoms with Gasteiger partial charge in [-0.25, -0.2) is 9.82 Å². The zero-order chi connectivity index (χ0) is 18.7. The fraction of sp³-hybridized carbons (Fsp3) is 0.0526. The van der Waals surface area contributed by atoms with E-state index in [1.807, 2.05) is 30.3 Å². The van der Waals surface area contributed by atoms with Crippen molar-refractivity contribution in [1.82, 2.24) is 9.82 Å². The van der Waals surface area contributed by atoms with Crippen molar-refractivity contribution in [2.24, 2.45) is 5.10 Å². The lowest BCUT2D eigenvalue weighted by Crippen LogP contribution is -2.18. The molecule has 0 bridgehead atoms. The van der Waals surface area contributed by atoms with Gasteiger partial charge in [0.25, 0.3) is 10.0 Å². The van der Waals surface area contributed by atoms with E-state index in [1.54, 1.807) is 24.3 Å². The fourth-order valence-electron chi connectivity index (χ4n) is 2.55. The van der Waals surface area contributed by atoms with Crippen LogP contribution in [0.25, 0.3) is 11.3 Å². The van der Waals surface area contributed by atoms with Crippen molar-refractivity contribution in [3.05, 3.63) is 72.4 Å². The number of pyridine rings is 1. The molecule has 1 aliphatic heterocycles. The lowest BCUT2D eigenvalue weighted by Gasteiger charge is -2.04. The minimum absolute atomic E-state index is 0.143. The highest BCUT2D eigenvalue weighted by Gasteiger charge is 2.14. The predicted molar refractivity (Wildman–Crippen MR) is 100 cm³/mol. The van der Waals surface area contributed by atoms with E-state index in [9.17, 15) is 8.42 Å². The van der Waals surface area contributed by atoms with E-state index >= 15 is 0 Å². The molecule has 0 aliphatic carbocycles. The van der Waals surface area contributed by atoms with Crippen molar-refractivity contribution in [3.8, 4) is 22.8 Å². The van der Waals surface area contributed by atoms with Gasteiger partial charge in [0.05, 0.1) is 22.5 Å². The molecule has 7 nitrogen and oxygen atoms in total. The smallest absolute Gasteiger partial charge is 0.276 e. The molecule has 1 aromatic heterocycles. The third kappa shape index (κ3) is 3.75. The molecule has 1 aliphatic rings. The van der Waals surface area contributed by atoms with E-state index in [0.29, 0.717) is 22.9 Å². The quantitative estimate of drug-likeness (QED) is 0.542. The van der Waals surface area contributed by atoms with E-state index in [4.69, 9.17) is 9.47 Å². The van der Waals surface area contributed by atoms with Gasteiger partial charge in [0.2, 0.25) is 6.79 Å². The Morgan fingerprint density at radius 3 is 2.63 bits per heavy atom. The lowest BCUT2D eigenvalue weighted by atomic mass is 10.1. The van der Waals surface area contributed by atoms with E-state index in [2.05, 4.69) is 14.9 Å². The summed E-state index contributed by atoms with van der Waals surface area (Å²) in [7, 11) is -3.71. The Balaban J connectivity index is 1.52. The highest BCUT2D eigenvalue weighted by atomic mass is 32.2. The fourth-order valence-corrected chi connectivity index (χ4v) is 3.37. The van der Waals surface area contributed by atoms with Crippen LogP contribution < -0.4 is 14.3 Å². The molecule has 4 rings (SSSR count). The molecular weight excluding hydrogens is 366 g/mol. The number of fused-ring (bicyclic) bond motifs is 1. The Labute approximate surface area is 156 Å². The monoisotopic (exact) mass is 381 g/mol. The van der Waals surface area contributed by atoms with Gasteiger partial charge in [-0.1, -0.05) is 24.3 Å². The van der Waals surface area contributed by atoms with Crippen LogP contribution in [0.4, 0.5) is 0 Å². The first kappa shape index (κ1) is 17.0. The van der Waals surface area contributed by atoms with E-state index < -0.39 is 10.0 Å². The number of aromatic nitrogens is 1. The van der Waals surface area contributed by atoms with Gasteiger partial charge in [-0.3, -0.25) is 0 Å². The first-order valence-corrected chi connectivity index (χ1v) is 9.57. The van der Waals surface area contributed by atoms with Crippen LogP contribution in [0.2, 0.25) is 0 Å². The second-order valence-corrected chi connectivity index (χ2v) is 7.34. The van der Waals surface area contributed by atoms with Crippen LogP contribution in [0, 0.1) is 0 Å². The molecule has 0 atom stereocenters. The number of nitrogens with zero attached hydrogens (tertiary/aromatic N) is 2. The van der Waals surface area contributed by atoms with E-state index in [0.717, 1.165) is 5.56 Å². The Morgan fingerprint density at radius 1 is 0.963 bits per heavy atom. The number of benzene rings is 2. The van der Waals surface area contributed by atoms with Crippen molar-refractivity contribution in [2.75, 3.05) is 6.79 Å². The summed E-state index contributed by atoms with van der Waals surface area (Å²) in [4.78, 5) is 6.81. The van der Waals surface area contributed by atoms with E-state index in [1.165, 1.54) is 18.3 Å². The molecule has 2 heterocycles. The summed E-state index contributed by atoms with van der Waals surface area (Å²) in [6.45, 7) is 0.209. The van der Waals surface area contributed by atoms with Gasteiger partial charge in [0.15, 0.2) is 11.5 Å². The molecule has 136 valence electrons. The van der Waals surface area contributed by atoms with Crippen molar-refractivity contribution in [1.29, 1.82) is 0 Å². The Morgan fingerprint density at radius 2 is 1.78 bits per heavy atom. The maximum Gasteiger partial charge on any atom is 0.276 e. The summed E-state index contributed by atoms with van der Waals surface area (Å²) in [5.41, 5.74) is 2.09. The van der Waals surface area contributed by atoms with Gasteiger partial charge >= 0.3 is 0 Å². The maximum atomic E-state index is 12.1. The molecule has 0 unspecified atom stereocenters. The third-order valence-electron chi connectivity index (χ3n) is 3.86. The first-order chi connectivity index (χ1) is 13.1. The van der Waals surface area contributed by atoms with Crippen molar-refractivity contribution >= 4 is 16.2 Å². The number of hydrogen-bond donors (Lipinski definition) is 1. The highest BCUT2D eigenvalue weighted by Crippen LogP contribution is 2.35. The summed E-state index contributed by atoms with van der Waals surface area (Å²) < 4.78 is 35.0. The topological polar surface area (TPSA) is 89.9 Å². The number of ether oxygens (including phenoxy) is 2. The van der Waals surface area contributed by atoms with Crippen molar-refractivity contribution in [3.63, 3.8) is 0 Å². The second-order valence-electron chi connectivity index (χ2n) is 5.68. The predicted octanol–water partition coefficient (Wildman–Crippen LogP) is 2.79. The van der Waals surface area contributed by atoms with Gasteiger partial charge in [-0.15, -0.1) is 0 Å². The average molecular weight is 381 g/mol. The molecule has 0 saturated carbocycles. The highest BCUT2D eigenvalue weighted by molar-refractivity contribution is 7.89. The van der Waals surface area contributed by atoms with Crippen LogP contribution in [0.5, 0.6) is 11.5 Å². The van der Waals surface area contributed by atoms with Crippen molar-refractivity contribution < 1.29 is 17.9 Å². The van der Waals surface area contributed by atoms with Gasteiger partial charge in [0, 0.05) is 5.56 Å². The summed E-state index contributed by atoms with van der Waals surface area (Å²) in [6, 6.07) is 19.0. The normalized spacial score (nSPS) is 13.0. The number of hydrazone groups is 1. The standard InChI is InChI=1S/C19H15N3O4S/c23-27(24,16-6-2-1-3-7-16)22-20-12-15-5-4-8-17(21-15)14-9-10-18-19(11-14)26-13-25-18/h1-12,22H,13H2/b20-12+. The number of nitrogens with one attached hydrogen (secondary N) is 1. The van der Waals surface area contributed by atoms with Crippen LogP contribution in [0.15, 0.2) is 76.7 Å². The molecule has 2 aromatic carbocycles. The average Bonchev–Trinajstić information content (AvgIpc) is 3.17. The largest absolute Gasteiger partial charge is 0.454 e. The zero-order valence-corrected chi connectivity index (χ0v) is 14.9.